The third kappa shape index (κ3) is 4.70. The molecule has 0 spiro atoms. The largest absolute Gasteiger partial charge is 0.491 e. The van der Waals surface area contributed by atoms with Crippen LogP contribution in [0.25, 0.3) is 0 Å². The highest BCUT2D eigenvalue weighted by Crippen LogP contribution is 2.28. The van der Waals surface area contributed by atoms with Gasteiger partial charge in [0, 0.05) is 41.0 Å². The van der Waals surface area contributed by atoms with Crippen LogP contribution in [-0.4, -0.2) is 28.9 Å². The molecule has 1 rings (SSSR count). The van der Waals surface area contributed by atoms with Crippen molar-refractivity contribution in [2.75, 3.05) is 30.5 Å². The van der Waals surface area contributed by atoms with Gasteiger partial charge in [0.25, 0.3) is 0 Å². The van der Waals surface area contributed by atoms with Crippen LogP contribution in [0, 0.1) is 5.82 Å². The monoisotopic (exact) mass is 288 g/mol. The van der Waals surface area contributed by atoms with Crippen LogP contribution in [-0.2, 0) is 10.8 Å². The zero-order valence-corrected chi connectivity index (χ0v) is 12.3. The van der Waals surface area contributed by atoms with Crippen LogP contribution in [0.1, 0.15) is 20.3 Å². The van der Waals surface area contributed by atoms with Crippen molar-refractivity contribution in [2.24, 2.45) is 0 Å². The molecule has 19 heavy (non-hydrogen) atoms. The fourth-order valence-corrected chi connectivity index (χ4v) is 2.01. The Morgan fingerprint density at radius 2 is 2.21 bits per heavy atom. The number of nitrogen functional groups attached to an aromatic ring is 1. The molecule has 0 radical (unpaired) electrons. The number of rotatable bonds is 7. The molecule has 4 nitrogen and oxygen atoms in total. The van der Waals surface area contributed by atoms with Gasteiger partial charge in [-0.25, -0.2) is 4.39 Å². The molecule has 1 aromatic carbocycles. The van der Waals surface area contributed by atoms with Gasteiger partial charge in [0.1, 0.15) is 0 Å². The maximum Gasteiger partial charge on any atom is 0.167 e. The number of ether oxygens (including phenoxy) is 1. The molecule has 108 valence electrons. The van der Waals surface area contributed by atoms with Crippen LogP contribution < -0.4 is 15.8 Å². The summed E-state index contributed by atoms with van der Waals surface area (Å²) in [5, 5.41) is 3.23. The lowest BCUT2D eigenvalue weighted by atomic mass is 10.2. The molecule has 0 saturated carbocycles. The number of benzene rings is 1. The number of halogens is 1. The van der Waals surface area contributed by atoms with Gasteiger partial charge in [0.05, 0.1) is 18.0 Å². The second-order valence-electron chi connectivity index (χ2n) is 4.33. The van der Waals surface area contributed by atoms with E-state index in [2.05, 4.69) is 5.32 Å². The summed E-state index contributed by atoms with van der Waals surface area (Å²) in [5.41, 5.74) is 6.72. The van der Waals surface area contributed by atoms with Crippen LogP contribution >= 0.6 is 0 Å². The summed E-state index contributed by atoms with van der Waals surface area (Å²) >= 11 is 0. The Kier molecular flexibility index (Phi) is 6.08. The number of hydrogen-bond donors (Lipinski definition) is 2. The van der Waals surface area contributed by atoms with Gasteiger partial charge in [-0.1, -0.05) is 6.92 Å². The van der Waals surface area contributed by atoms with E-state index >= 15 is 0 Å². The molecule has 0 aliphatic carbocycles. The highest BCUT2D eigenvalue weighted by Gasteiger charge is 2.10. The van der Waals surface area contributed by atoms with Crippen molar-refractivity contribution >= 4 is 22.2 Å². The normalized spacial score (nSPS) is 13.9. The number of anilines is 2. The van der Waals surface area contributed by atoms with Gasteiger partial charge in [-0.05, 0) is 13.3 Å². The van der Waals surface area contributed by atoms with Gasteiger partial charge in [0.2, 0.25) is 0 Å². The van der Waals surface area contributed by atoms with Gasteiger partial charge in [-0.2, -0.15) is 0 Å². The Morgan fingerprint density at radius 1 is 1.53 bits per heavy atom. The molecule has 0 bridgehead atoms. The predicted molar refractivity (Wildman–Crippen MR) is 78.6 cm³/mol. The van der Waals surface area contributed by atoms with Crippen molar-refractivity contribution in [2.45, 2.75) is 25.5 Å². The zero-order chi connectivity index (χ0) is 14.4. The first-order valence-corrected chi connectivity index (χ1v) is 7.85. The molecular weight excluding hydrogens is 267 g/mol. The summed E-state index contributed by atoms with van der Waals surface area (Å²) in [6, 6.07) is 2.80. The van der Waals surface area contributed by atoms with E-state index in [-0.39, 0.29) is 11.0 Å². The van der Waals surface area contributed by atoms with E-state index < -0.39 is 16.6 Å². The van der Waals surface area contributed by atoms with Gasteiger partial charge >= 0.3 is 0 Å². The number of nitrogens with two attached hydrogens (primary N) is 1. The van der Waals surface area contributed by atoms with Gasteiger partial charge in [-0.15, -0.1) is 0 Å². The van der Waals surface area contributed by atoms with Crippen LogP contribution in [0.3, 0.4) is 0 Å². The van der Waals surface area contributed by atoms with Crippen molar-refractivity contribution < 1.29 is 13.3 Å². The smallest absolute Gasteiger partial charge is 0.167 e. The van der Waals surface area contributed by atoms with Crippen molar-refractivity contribution in [3.63, 3.8) is 0 Å². The van der Waals surface area contributed by atoms with Gasteiger partial charge in [0.15, 0.2) is 11.6 Å². The molecule has 3 N–H and O–H groups in total. The van der Waals surface area contributed by atoms with E-state index in [0.717, 1.165) is 6.42 Å². The zero-order valence-electron chi connectivity index (χ0n) is 11.5. The molecule has 0 fully saturated rings. The van der Waals surface area contributed by atoms with Crippen molar-refractivity contribution in [1.29, 1.82) is 0 Å². The van der Waals surface area contributed by atoms with E-state index in [4.69, 9.17) is 10.5 Å². The minimum atomic E-state index is -0.841. The number of hydrogen-bond acceptors (Lipinski definition) is 4. The van der Waals surface area contributed by atoms with Gasteiger partial charge < -0.3 is 15.8 Å². The van der Waals surface area contributed by atoms with Crippen LogP contribution in [0.15, 0.2) is 12.1 Å². The minimum Gasteiger partial charge on any atom is -0.491 e. The average molecular weight is 288 g/mol. The molecule has 6 heteroatoms. The molecule has 0 amide bonds. The fourth-order valence-electron chi connectivity index (χ4n) is 1.56. The predicted octanol–water partition coefficient (Wildman–Crippen LogP) is 2.38. The Morgan fingerprint density at radius 3 is 2.79 bits per heavy atom. The van der Waals surface area contributed by atoms with Crippen LogP contribution in [0.2, 0.25) is 0 Å². The van der Waals surface area contributed by atoms with Crippen molar-refractivity contribution in [1.82, 2.24) is 0 Å². The maximum absolute atomic E-state index is 13.5. The molecule has 0 aliphatic heterocycles. The van der Waals surface area contributed by atoms with E-state index in [9.17, 15) is 8.60 Å². The molecule has 2 atom stereocenters. The Balaban J connectivity index is 2.67. The lowest BCUT2D eigenvalue weighted by molar-refractivity contribution is 0.322. The molecule has 0 aromatic heterocycles. The minimum absolute atomic E-state index is 0.112. The average Bonchev–Trinajstić information content (AvgIpc) is 2.34. The van der Waals surface area contributed by atoms with E-state index in [1.54, 1.807) is 19.2 Å². The fraction of sp³-hybridized carbons (Fsp3) is 0.538. The highest BCUT2D eigenvalue weighted by atomic mass is 32.2. The van der Waals surface area contributed by atoms with E-state index in [0.29, 0.717) is 24.5 Å². The molecule has 0 saturated heterocycles. The van der Waals surface area contributed by atoms with E-state index in [1.165, 1.54) is 6.07 Å². The number of nitrogens with one attached hydrogen (secondary N) is 1. The first-order chi connectivity index (χ1) is 8.95. The molecule has 0 heterocycles. The highest BCUT2D eigenvalue weighted by molar-refractivity contribution is 7.84. The topological polar surface area (TPSA) is 64.3 Å². The summed E-state index contributed by atoms with van der Waals surface area (Å²) in [6.45, 7) is 4.74. The first kappa shape index (κ1) is 15.8. The first-order valence-electron chi connectivity index (χ1n) is 6.23. The SMILES string of the molecule is CCOc1cc(NCCC(C)S(C)=O)c(N)cc1F. The lowest BCUT2D eigenvalue weighted by Crippen LogP contribution is -2.15. The van der Waals surface area contributed by atoms with Crippen molar-refractivity contribution in [3.05, 3.63) is 17.9 Å². The summed E-state index contributed by atoms with van der Waals surface area (Å²) < 4.78 is 29.9. The third-order valence-corrected chi connectivity index (χ3v) is 4.21. The summed E-state index contributed by atoms with van der Waals surface area (Å²) in [4.78, 5) is 0. The second kappa shape index (κ2) is 7.33. The molecule has 0 aliphatic rings. The lowest BCUT2D eigenvalue weighted by Gasteiger charge is -2.14. The second-order valence-corrected chi connectivity index (χ2v) is 6.13. The summed E-state index contributed by atoms with van der Waals surface area (Å²) in [7, 11) is -0.841. The quantitative estimate of drug-likeness (QED) is 0.756. The van der Waals surface area contributed by atoms with Crippen LogP contribution in [0.5, 0.6) is 5.75 Å². The Bertz CT molecular complexity index is 455. The summed E-state index contributed by atoms with van der Waals surface area (Å²) in [5.74, 6) is -0.278. The Hall–Kier alpha value is -1.30. The molecule has 2 unspecified atom stereocenters. The van der Waals surface area contributed by atoms with Crippen molar-refractivity contribution in [3.8, 4) is 5.75 Å². The standard InChI is InChI=1S/C13H21FN2O2S/c1-4-18-13-8-12(11(15)7-10(13)14)16-6-5-9(2)19(3)17/h7-9,16H,4-6,15H2,1-3H3. The maximum atomic E-state index is 13.5. The van der Waals surface area contributed by atoms with E-state index in [1.807, 2.05) is 6.92 Å². The van der Waals surface area contributed by atoms with Gasteiger partial charge in [-0.3, -0.25) is 4.21 Å². The third-order valence-electron chi connectivity index (χ3n) is 2.84. The Labute approximate surface area is 116 Å². The molecular formula is C13H21FN2O2S. The summed E-state index contributed by atoms with van der Waals surface area (Å²) in [6.07, 6.45) is 2.44. The van der Waals surface area contributed by atoms with Crippen LogP contribution in [0.4, 0.5) is 15.8 Å². The molecule has 1 aromatic rings.